The van der Waals surface area contributed by atoms with Crippen LogP contribution in [0.25, 0.3) is 0 Å². The Kier molecular flexibility index (Phi) is 3.30. The zero-order valence-corrected chi connectivity index (χ0v) is 10.0. The molecule has 1 heterocycles. The summed E-state index contributed by atoms with van der Waals surface area (Å²) in [6.07, 6.45) is 11.0. The summed E-state index contributed by atoms with van der Waals surface area (Å²) in [6, 6.07) is 0. The van der Waals surface area contributed by atoms with E-state index in [-0.39, 0.29) is 0 Å². The minimum Gasteiger partial charge on any atom is -0.103 e. The van der Waals surface area contributed by atoms with Gasteiger partial charge in [-0.2, -0.15) is 0 Å². The molecule has 2 rings (SSSR count). The standard InChI is InChI=1S/C12H23P/c1-10(2)9-13-7-6-11-4-3-5-12(13)8-11/h10-12H,3-9H2,1-2H3. The fraction of sp³-hybridized carbons (Fsp3) is 1.00. The van der Waals surface area contributed by atoms with Gasteiger partial charge in [0.25, 0.3) is 0 Å². The average molecular weight is 198 g/mol. The van der Waals surface area contributed by atoms with Crippen molar-refractivity contribution in [2.45, 2.75) is 51.6 Å². The molecule has 0 amide bonds. The molecule has 0 nitrogen and oxygen atoms in total. The fourth-order valence-corrected chi connectivity index (χ4v) is 6.72. The second-order valence-electron chi connectivity index (χ2n) is 5.36. The summed E-state index contributed by atoms with van der Waals surface area (Å²) in [4.78, 5) is 0. The highest BCUT2D eigenvalue weighted by atomic mass is 31.1. The van der Waals surface area contributed by atoms with Crippen molar-refractivity contribution in [1.82, 2.24) is 0 Å². The summed E-state index contributed by atoms with van der Waals surface area (Å²) in [5, 5.41) is 0. The van der Waals surface area contributed by atoms with Crippen molar-refractivity contribution in [2.24, 2.45) is 11.8 Å². The lowest BCUT2D eigenvalue weighted by atomic mass is 9.86. The normalized spacial score (nSPS) is 39.5. The van der Waals surface area contributed by atoms with Gasteiger partial charge >= 0.3 is 0 Å². The van der Waals surface area contributed by atoms with Crippen LogP contribution in [0.3, 0.4) is 0 Å². The SMILES string of the molecule is CC(C)CP1CCC2CCCC1C2. The second kappa shape index (κ2) is 4.30. The van der Waals surface area contributed by atoms with Crippen LogP contribution in [0.1, 0.15) is 46.0 Å². The predicted molar refractivity (Wildman–Crippen MR) is 61.9 cm³/mol. The number of hydrogen-bond acceptors (Lipinski definition) is 0. The first-order chi connectivity index (χ1) is 6.25. The Morgan fingerprint density at radius 1 is 1.23 bits per heavy atom. The third kappa shape index (κ3) is 2.46. The molecule has 3 atom stereocenters. The van der Waals surface area contributed by atoms with E-state index in [4.69, 9.17) is 0 Å². The summed E-state index contributed by atoms with van der Waals surface area (Å²) in [6.45, 7) is 4.80. The smallest absolute Gasteiger partial charge is 0.0206 e. The zero-order valence-electron chi connectivity index (χ0n) is 9.13. The Labute approximate surface area is 84.2 Å². The molecule has 76 valence electrons. The van der Waals surface area contributed by atoms with Crippen LogP contribution in [0.2, 0.25) is 0 Å². The van der Waals surface area contributed by atoms with E-state index in [1.807, 2.05) is 0 Å². The summed E-state index contributed by atoms with van der Waals surface area (Å²) in [5.74, 6) is 2.09. The van der Waals surface area contributed by atoms with Gasteiger partial charge in [-0.05, 0) is 49.1 Å². The summed E-state index contributed by atoms with van der Waals surface area (Å²) >= 11 is 0. The van der Waals surface area contributed by atoms with Crippen molar-refractivity contribution in [3.05, 3.63) is 0 Å². The van der Waals surface area contributed by atoms with Gasteiger partial charge in [0.1, 0.15) is 0 Å². The van der Waals surface area contributed by atoms with E-state index < -0.39 is 0 Å². The highest BCUT2D eigenvalue weighted by molar-refractivity contribution is 7.58. The highest BCUT2D eigenvalue weighted by Crippen LogP contribution is 2.55. The molecule has 3 unspecified atom stereocenters. The largest absolute Gasteiger partial charge is 0.103 e. The van der Waals surface area contributed by atoms with Crippen LogP contribution in [0.5, 0.6) is 0 Å². The van der Waals surface area contributed by atoms with Crippen LogP contribution in [-0.4, -0.2) is 18.0 Å². The Bertz CT molecular complexity index is 165. The highest BCUT2D eigenvalue weighted by Gasteiger charge is 2.32. The quantitative estimate of drug-likeness (QED) is 0.586. The maximum atomic E-state index is 2.40. The zero-order chi connectivity index (χ0) is 9.26. The third-order valence-electron chi connectivity index (χ3n) is 3.70. The van der Waals surface area contributed by atoms with Gasteiger partial charge in [-0.15, -0.1) is 7.92 Å². The van der Waals surface area contributed by atoms with Gasteiger partial charge < -0.3 is 0 Å². The monoisotopic (exact) mass is 198 g/mol. The summed E-state index contributed by atoms with van der Waals surface area (Å²) < 4.78 is 0. The lowest BCUT2D eigenvalue weighted by Crippen LogP contribution is -2.27. The predicted octanol–water partition coefficient (Wildman–Crippen LogP) is 4.09. The maximum absolute atomic E-state index is 2.40. The molecule has 1 saturated carbocycles. The van der Waals surface area contributed by atoms with Crippen LogP contribution in [0.4, 0.5) is 0 Å². The molecule has 1 aliphatic heterocycles. The molecule has 2 fully saturated rings. The van der Waals surface area contributed by atoms with Crippen LogP contribution in [0.15, 0.2) is 0 Å². The molecule has 0 N–H and O–H groups in total. The van der Waals surface area contributed by atoms with Crippen molar-refractivity contribution >= 4 is 7.92 Å². The molecule has 1 heteroatoms. The van der Waals surface area contributed by atoms with Crippen molar-refractivity contribution in [2.75, 3.05) is 12.3 Å². The number of fused-ring (bicyclic) bond motifs is 2. The maximum Gasteiger partial charge on any atom is -0.0206 e. The van der Waals surface area contributed by atoms with E-state index in [1.165, 1.54) is 5.66 Å². The first kappa shape index (κ1) is 9.97. The molecule has 1 aliphatic carbocycles. The lowest BCUT2D eigenvalue weighted by molar-refractivity contribution is 0.341. The Hall–Kier alpha value is 0.430. The van der Waals surface area contributed by atoms with Crippen molar-refractivity contribution < 1.29 is 0 Å². The van der Waals surface area contributed by atoms with Crippen molar-refractivity contribution in [3.63, 3.8) is 0 Å². The van der Waals surface area contributed by atoms with E-state index in [1.54, 1.807) is 44.4 Å². The van der Waals surface area contributed by atoms with E-state index in [0.717, 1.165) is 11.8 Å². The molecule has 2 bridgehead atoms. The fourth-order valence-electron chi connectivity index (χ4n) is 3.10. The lowest BCUT2D eigenvalue weighted by Gasteiger charge is -2.41. The van der Waals surface area contributed by atoms with E-state index in [9.17, 15) is 0 Å². The second-order valence-corrected chi connectivity index (χ2v) is 8.08. The Balaban J connectivity index is 1.90. The molecule has 0 aromatic carbocycles. The molecule has 0 spiro atoms. The van der Waals surface area contributed by atoms with Gasteiger partial charge in [0.15, 0.2) is 0 Å². The van der Waals surface area contributed by atoms with E-state index in [0.29, 0.717) is 7.92 Å². The van der Waals surface area contributed by atoms with Crippen LogP contribution in [-0.2, 0) is 0 Å². The number of hydrogen-bond donors (Lipinski definition) is 0. The molecular weight excluding hydrogens is 175 g/mol. The van der Waals surface area contributed by atoms with E-state index in [2.05, 4.69) is 13.8 Å². The van der Waals surface area contributed by atoms with Gasteiger partial charge in [-0.3, -0.25) is 0 Å². The Morgan fingerprint density at radius 3 is 2.85 bits per heavy atom. The summed E-state index contributed by atoms with van der Waals surface area (Å²) in [5.41, 5.74) is 1.19. The molecule has 0 aromatic heterocycles. The average Bonchev–Trinajstić information content (AvgIpc) is 2.10. The van der Waals surface area contributed by atoms with Crippen LogP contribution < -0.4 is 0 Å². The number of rotatable bonds is 2. The molecular formula is C12H23P. The third-order valence-corrected chi connectivity index (χ3v) is 7.23. The summed E-state index contributed by atoms with van der Waals surface area (Å²) in [7, 11) is 0.450. The first-order valence-corrected chi connectivity index (χ1v) is 7.78. The van der Waals surface area contributed by atoms with Crippen LogP contribution >= 0.6 is 7.92 Å². The minimum absolute atomic E-state index is 0.450. The van der Waals surface area contributed by atoms with Gasteiger partial charge in [-0.1, -0.05) is 26.7 Å². The Morgan fingerprint density at radius 2 is 2.08 bits per heavy atom. The van der Waals surface area contributed by atoms with Gasteiger partial charge in [0.05, 0.1) is 0 Å². The molecule has 2 aliphatic rings. The topological polar surface area (TPSA) is 0 Å². The van der Waals surface area contributed by atoms with Crippen molar-refractivity contribution in [3.8, 4) is 0 Å². The van der Waals surface area contributed by atoms with Crippen LogP contribution in [0, 0.1) is 11.8 Å². The van der Waals surface area contributed by atoms with Crippen molar-refractivity contribution in [1.29, 1.82) is 0 Å². The molecule has 0 aromatic rings. The molecule has 0 radical (unpaired) electrons. The first-order valence-electron chi connectivity index (χ1n) is 5.99. The minimum atomic E-state index is 0.450. The van der Waals surface area contributed by atoms with Gasteiger partial charge in [0.2, 0.25) is 0 Å². The van der Waals surface area contributed by atoms with E-state index >= 15 is 0 Å². The molecule has 1 saturated heterocycles. The van der Waals surface area contributed by atoms with Gasteiger partial charge in [-0.25, -0.2) is 0 Å². The molecule has 13 heavy (non-hydrogen) atoms. The van der Waals surface area contributed by atoms with Gasteiger partial charge in [0, 0.05) is 0 Å².